The highest BCUT2D eigenvalue weighted by Crippen LogP contribution is 2.27. The number of hydrogen-bond acceptors (Lipinski definition) is 5. The number of pyridine rings is 1. The van der Waals surface area contributed by atoms with E-state index in [1.165, 1.54) is 32.1 Å². The number of fused-ring (bicyclic) bond motifs is 1. The number of amides is 1. The summed E-state index contributed by atoms with van der Waals surface area (Å²) in [5.41, 5.74) is 1.25. The minimum atomic E-state index is -0.0947. The van der Waals surface area contributed by atoms with E-state index < -0.39 is 0 Å². The van der Waals surface area contributed by atoms with Gasteiger partial charge in [-0.15, -0.1) is 0 Å². The van der Waals surface area contributed by atoms with Crippen molar-refractivity contribution >= 4 is 22.8 Å². The molecule has 0 unspecified atom stereocenters. The van der Waals surface area contributed by atoms with E-state index in [0.29, 0.717) is 11.7 Å². The predicted molar refractivity (Wildman–Crippen MR) is 107 cm³/mol. The number of hydrogen-bond donors (Lipinski definition) is 2. The molecule has 146 valence electrons. The van der Waals surface area contributed by atoms with Crippen molar-refractivity contribution in [3.8, 4) is 0 Å². The Hall–Kier alpha value is -2.15. The van der Waals surface area contributed by atoms with Crippen molar-refractivity contribution in [1.29, 1.82) is 0 Å². The summed E-state index contributed by atoms with van der Waals surface area (Å²) in [5.74, 6) is 0.866. The SMILES string of the molecule is CN(c1ccc2c(C(=O)NC3CCNCC3)nn(C)c2n1)C1CCCCC1. The first-order chi connectivity index (χ1) is 13.1. The van der Waals surface area contributed by atoms with Crippen molar-refractivity contribution in [2.75, 3.05) is 25.0 Å². The molecular formula is C20H30N6O. The van der Waals surface area contributed by atoms with Crippen LogP contribution in [-0.4, -0.2) is 52.9 Å². The van der Waals surface area contributed by atoms with Gasteiger partial charge in [0, 0.05) is 26.2 Å². The van der Waals surface area contributed by atoms with Crippen LogP contribution in [0.1, 0.15) is 55.4 Å². The van der Waals surface area contributed by atoms with Crippen LogP contribution < -0.4 is 15.5 Å². The molecule has 0 atom stereocenters. The third kappa shape index (κ3) is 3.78. The molecule has 0 radical (unpaired) electrons. The summed E-state index contributed by atoms with van der Waals surface area (Å²) in [6.45, 7) is 1.90. The number of piperidine rings is 1. The Morgan fingerprint density at radius 3 is 2.67 bits per heavy atom. The molecule has 1 aliphatic heterocycles. The van der Waals surface area contributed by atoms with E-state index in [9.17, 15) is 4.79 Å². The van der Waals surface area contributed by atoms with E-state index in [1.54, 1.807) is 4.68 Å². The summed E-state index contributed by atoms with van der Waals surface area (Å²) in [6, 6.07) is 4.81. The first-order valence-electron chi connectivity index (χ1n) is 10.2. The van der Waals surface area contributed by atoms with Crippen LogP contribution in [0.4, 0.5) is 5.82 Å². The molecule has 7 heteroatoms. The average molecular weight is 371 g/mol. The van der Waals surface area contributed by atoms with Gasteiger partial charge in [0.2, 0.25) is 0 Å². The van der Waals surface area contributed by atoms with Gasteiger partial charge in [0.05, 0.1) is 5.39 Å². The van der Waals surface area contributed by atoms with Crippen LogP contribution in [0.25, 0.3) is 11.0 Å². The minimum Gasteiger partial charge on any atom is -0.357 e. The van der Waals surface area contributed by atoms with Crippen molar-refractivity contribution in [3.05, 3.63) is 17.8 Å². The molecule has 7 nitrogen and oxygen atoms in total. The summed E-state index contributed by atoms with van der Waals surface area (Å²) in [4.78, 5) is 19.9. The molecule has 1 aliphatic carbocycles. The Morgan fingerprint density at radius 1 is 1.19 bits per heavy atom. The first-order valence-corrected chi connectivity index (χ1v) is 10.2. The van der Waals surface area contributed by atoms with Crippen LogP contribution in [0.5, 0.6) is 0 Å². The Kier molecular flexibility index (Phi) is 5.29. The molecule has 2 aromatic rings. The lowest BCUT2D eigenvalue weighted by atomic mass is 9.94. The normalized spacial score (nSPS) is 19.3. The Labute approximate surface area is 160 Å². The standard InChI is InChI=1S/C20H30N6O/c1-25(15-6-4-3-5-7-15)17-9-8-16-18(24-26(2)19(16)23-17)20(27)22-14-10-12-21-13-11-14/h8-9,14-15,21H,3-7,10-13H2,1-2H3,(H,22,27). The highest BCUT2D eigenvalue weighted by molar-refractivity contribution is 6.04. The number of anilines is 1. The fraction of sp³-hybridized carbons (Fsp3) is 0.650. The van der Waals surface area contributed by atoms with Gasteiger partial charge < -0.3 is 15.5 Å². The van der Waals surface area contributed by atoms with Crippen molar-refractivity contribution in [2.24, 2.45) is 7.05 Å². The van der Waals surface area contributed by atoms with E-state index in [0.717, 1.165) is 42.8 Å². The smallest absolute Gasteiger partial charge is 0.272 e. The third-order valence-electron chi connectivity index (χ3n) is 6.05. The zero-order valence-electron chi connectivity index (χ0n) is 16.4. The van der Waals surface area contributed by atoms with Crippen LogP contribution in [0.3, 0.4) is 0 Å². The van der Waals surface area contributed by atoms with Crippen LogP contribution in [0.2, 0.25) is 0 Å². The van der Waals surface area contributed by atoms with Crippen LogP contribution in [-0.2, 0) is 7.05 Å². The first kappa shape index (κ1) is 18.2. The van der Waals surface area contributed by atoms with E-state index in [4.69, 9.17) is 4.98 Å². The number of nitrogens with one attached hydrogen (secondary N) is 2. The molecule has 1 saturated carbocycles. The summed E-state index contributed by atoms with van der Waals surface area (Å²) in [5, 5.41) is 11.8. The van der Waals surface area contributed by atoms with Crippen molar-refractivity contribution in [2.45, 2.75) is 57.0 Å². The minimum absolute atomic E-state index is 0.0947. The molecule has 2 aromatic heterocycles. The summed E-state index contributed by atoms with van der Waals surface area (Å²) in [6.07, 6.45) is 8.31. The van der Waals surface area contributed by atoms with Gasteiger partial charge in [0.25, 0.3) is 5.91 Å². The van der Waals surface area contributed by atoms with Gasteiger partial charge in [-0.25, -0.2) is 9.67 Å². The predicted octanol–water partition coefficient (Wildman–Crippen LogP) is 2.22. The molecule has 1 amide bonds. The Morgan fingerprint density at radius 2 is 1.93 bits per heavy atom. The van der Waals surface area contributed by atoms with Crippen molar-refractivity contribution < 1.29 is 4.79 Å². The fourth-order valence-electron chi connectivity index (χ4n) is 4.36. The topological polar surface area (TPSA) is 75.1 Å². The summed E-state index contributed by atoms with van der Waals surface area (Å²) >= 11 is 0. The zero-order chi connectivity index (χ0) is 18.8. The Bertz CT molecular complexity index is 804. The fourth-order valence-corrected chi connectivity index (χ4v) is 4.36. The average Bonchev–Trinajstić information content (AvgIpc) is 3.05. The third-order valence-corrected chi connectivity index (χ3v) is 6.05. The van der Waals surface area contributed by atoms with Gasteiger partial charge in [-0.3, -0.25) is 4.79 Å². The second-order valence-corrected chi connectivity index (χ2v) is 7.91. The molecule has 2 fully saturated rings. The second kappa shape index (κ2) is 7.84. The maximum atomic E-state index is 12.8. The molecular weight excluding hydrogens is 340 g/mol. The van der Waals surface area contributed by atoms with Crippen molar-refractivity contribution in [3.63, 3.8) is 0 Å². The van der Waals surface area contributed by atoms with E-state index in [1.807, 2.05) is 19.2 Å². The van der Waals surface area contributed by atoms with Gasteiger partial charge in [-0.1, -0.05) is 19.3 Å². The summed E-state index contributed by atoms with van der Waals surface area (Å²) in [7, 11) is 3.99. The lowest BCUT2D eigenvalue weighted by Gasteiger charge is -2.32. The molecule has 0 aromatic carbocycles. The maximum Gasteiger partial charge on any atom is 0.272 e. The maximum absolute atomic E-state index is 12.8. The zero-order valence-corrected chi connectivity index (χ0v) is 16.4. The van der Waals surface area contributed by atoms with Gasteiger partial charge >= 0.3 is 0 Å². The number of aryl methyl sites for hydroxylation is 1. The van der Waals surface area contributed by atoms with E-state index in [-0.39, 0.29) is 11.9 Å². The Balaban J connectivity index is 1.56. The molecule has 0 spiro atoms. The number of rotatable bonds is 4. The molecule has 2 N–H and O–H groups in total. The molecule has 3 heterocycles. The monoisotopic (exact) mass is 370 g/mol. The summed E-state index contributed by atoms with van der Waals surface area (Å²) < 4.78 is 1.73. The van der Waals surface area contributed by atoms with Gasteiger partial charge in [-0.05, 0) is 50.9 Å². The lowest BCUT2D eigenvalue weighted by Crippen LogP contribution is -2.42. The van der Waals surface area contributed by atoms with Crippen LogP contribution >= 0.6 is 0 Å². The molecule has 4 rings (SSSR count). The largest absolute Gasteiger partial charge is 0.357 e. The van der Waals surface area contributed by atoms with Gasteiger partial charge in [-0.2, -0.15) is 5.10 Å². The number of aromatic nitrogens is 3. The molecule has 0 bridgehead atoms. The number of carbonyl (C=O) groups excluding carboxylic acids is 1. The molecule has 1 saturated heterocycles. The highest BCUT2D eigenvalue weighted by Gasteiger charge is 2.23. The van der Waals surface area contributed by atoms with Crippen LogP contribution in [0.15, 0.2) is 12.1 Å². The van der Waals surface area contributed by atoms with Crippen LogP contribution in [0, 0.1) is 0 Å². The van der Waals surface area contributed by atoms with Crippen molar-refractivity contribution in [1.82, 2.24) is 25.4 Å². The van der Waals surface area contributed by atoms with Gasteiger partial charge in [0.15, 0.2) is 11.3 Å². The number of carbonyl (C=O) groups is 1. The van der Waals surface area contributed by atoms with Gasteiger partial charge in [0.1, 0.15) is 5.82 Å². The van der Waals surface area contributed by atoms with E-state index in [2.05, 4.69) is 27.7 Å². The van der Waals surface area contributed by atoms with E-state index >= 15 is 0 Å². The lowest BCUT2D eigenvalue weighted by molar-refractivity contribution is 0.0925. The quantitative estimate of drug-likeness (QED) is 0.863. The number of nitrogens with zero attached hydrogens (tertiary/aromatic N) is 4. The molecule has 2 aliphatic rings. The highest BCUT2D eigenvalue weighted by atomic mass is 16.2. The molecule has 27 heavy (non-hydrogen) atoms. The second-order valence-electron chi connectivity index (χ2n) is 7.91.